The van der Waals surface area contributed by atoms with E-state index in [-0.39, 0.29) is 16.0 Å². The zero-order chi connectivity index (χ0) is 18.9. The molecule has 0 bridgehead atoms. The maximum absolute atomic E-state index is 14.8. The molecule has 2 rings (SSSR count). The first-order valence-corrected chi connectivity index (χ1v) is 9.11. The average molecular weight is 366 g/mol. The minimum atomic E-state index is -1.17. The second-order valence-electron chi connectivity index (χ2n) is 5.88. The number of ether oxygens (including phenoxy) is 1. The summed E-state index contributed by atoms with van der Waals surface area (Å²) in [5.74, 6) is -2.32. The van der Waals surface area contributed by atoms with Gasteiger partial charge in [-0.1, -0.05) is 6.58 Å². The monoisotopic (exact) mass is 366 g/mol. The van der Waals surface area contributed by atoms with Crippen LogP contribution in [0.3, 0.4) is 0 Å². The van der Waals surface area contributed by atoms with Gasteiger partial charge in [0.15, 0.2) is 11.6 Å². The van der Waals surface area contributed by atoms with Crippen molar-refractivity contribution >= 4 is 17.3 Å². The molecule has 0 unspecified atom stereocenters. The first-order chi connectivity index (χ1) is 11.7. The molecule has 0 N–H and O–H groups in total. The summed E-state index contributed by atoms with van der Waals surface area (Å²) < 4.78 is 49.6. The Bertz CT molecular complexity index is 821. The SMILES string of the molecule is C=C(C)c1c(F)c(SC)c(F)c(F)c1-c1cc(C)c(OCC)c(C)c1. The molecule has 0 aliphatic rings. The topological polar surface area (TPSA) is 9.23 Å². The van der Waals surface area contributed by atoms with Crippen LogP contribution < -0.4 is 4.74 Å². The number of hydrogen-bond acceptors (Lipinski definition) is 2. The number of thioether (sulfide) groups is 1. The van der Waals surface area contributed by atoms with Gasteiger partial charge in [-0.3, -0.25) is 0 Å². The van der Waals surface area contributed by atoms with E-state index in [2.05, 4.69) is 6.58 Å². The average Bonchev–Trinajstić information content (AvgIpc) is 2.54. The minimum absolute atomic E-state index is 0.00575. The lowest BCUT2D eigenvalue weighted by atomic mass is 9.92. The summed E-state index contributed by atoms with van der Waals surface area (Å²) in [7, 11) is 0. The van der Waals surface area contributed by atoms with E-state index in [1.807, 2.05) is 20.8 Å². The van der Waals surface area contributed by atoms with Gasteiger partial charge in [-0.25, -0.2) is 13.2 Å². The molecule has 0 amide bonds. The fourth-order valence-electron chi connectivity index (χ4n) is 2.96. The molecule has 25 heavy (non-hydrogen) atoms. The van der Waals surface area contributed by atoms with E-state index in [1.54, 1.807) is 19.1 Å². The van der Waals surface area contributed by atoms with E-state index < -0.39 is 17.5 Å². The summed E-state index contributed by atoms with van der Waals surface area (Å²) in [5, 5.41) is 0. The summed E-state index contributed by atoms with van der Waals surface area (Å²) in [4.78, 5) is -0.335. The van der Waals surface area contributed by atoms with Crippen molar-refractivity contribution in [1.29, 1.82) is 0 Å². The third kappa shape index (κ3) is 3.43. The van der Waals surface area contributed by atoms with Gasteiger partial charge in [0.2, 0.25) is 0 Å². The molecule has 134 valence electrons. The molecule has 0 fully saturated rings. The third-order valence-electron chi connectivity index (χ3n) is 3.95. The van der Waals surface area contributed by atoms with E-state index in [1.165, 1.54) is 6.26 Å². The highest BCUT2D eigenvalue weighted by molar-refractivity contribution is 7.98. The molecule has 2 aromatic rings. The van der Waals surface area contributed by atoms with Crippen LogP contribution in [0.15, 0.2) is 23.6 Å². The van der Waals surface area contributed by atoms with Crippen LogP contribution in [0.25, 0.3) is 16.7 Å². The van der Waals surface area contributed by atoms with Gasteiger partial charge in [0, 0.05) is 11.1 Å². The summed E-state index contributed by atoms with van der Waals surface area (Å²) >= 11 is 0.836. The molecule has 0 atom stereocenters. The van der Waals surface area contributed by atoms with Crippen molar-refractivity contribution in [3.8, 4) is 16.9 Å². The van der Waals surface area contributed by atoms with Crippen LogP contribution in [0, 0.1) is 31.3 Å². The van der Waals surface area contributed by atoms with E-state index in [4.69, 9.17) is 4.74 Å². The van der Waals surface area contributed by atoms with Crippen molar-refractivity contribution in [2.24, 2.45) is 0 Å². The van der Waals surface area contributed by atoms with Gasteiger partial charge in [-0.15, -0.1) is 11.8 Å². The van der Waals surface area contributed by atoms with E-state index >= 15 is 0 Å². The maximum Gasteiger partial charge on any atom is 0.176 e. The lowest BCUT2D eigenvalue weighted by molar-refractivity contribution is 0.335. The molecule has 5 heteroatoms. The number of hydrogen-bond donors (Lipinski definition) is 0. The number of aryl methyl sites for hydroxylation is 2. The number of allylic oxidation sites excluding steroid dienone is 1. The minimum Gasteiger partial charge on any atom is -0.493 e. The van der Waals surface area contributed by atoms with Crippen molar-refractivity contribution in [2.75, 3.05) is 12.9 Å². The Morgan fingerprint density at radius 1 is 1.08 bits per heavy atom. The van der Waals surface area contributed by atoms with Crippen LogP contribution in [0.1, 0.15) is 30.5 Å². The summed E-state index contributed by atoms with van der Waals surface area (Å²) in [6.07, 6.45) is 1.51. The fraction of sp³-hybridized carbons (Fsp3) is 0.300. The van der Waals surface area contributed by atoms with Crippen LogP contribution in [0.4, 0.5) is 13.2 Å². The Morgan fingerprint density at radius 2 is 1.64 bits per heavy atom. The van der Waals surface area contributed by atoms with Crippen LogP contribution in [0.5, 0.6) is 5.75 Å². The Balaban J connectivity index is 2.86. The summed E-state index contributed by atoms with van der Waals surface area (Å²) in [6, 6.07) is 3.36. The molecular formula is C20H21F3OS. The molecule has 0 heterocycles. The molecule has 0 radical (unpaired) electrons. The van der Waals surface area contributed by atoms with Crippen LogP contribution in [-0.2, 0) is 0 Å². The normalized spacial score (nSPS) is 10.9. The molecule has 2 aromatic carbocycles. The second kappa shape index (κ2) is 7.56. The quantitative estimate of drug-likeness (QED) is 0.439. The highest BCUT2D eigenvalue weighted by Gasteiger charge is 2.26. The summed E-state index contributed by atoms with van der Waals surface area (Å²) in [6.45, 7) is 11.3. The molecule has 0 saturated carbocycles. The van der Waals surface area contributed by atoms with Gasteiger partial charge in [-0.05, 0) is 68.3 Å². The number of rotatable bonds is 5. The van der Waals surface area contributed by atoms with Crippen molar-refractivity contribution in [2.45, 2.75) is 32.6 Å². The predicted molar refractivity (Wildman–Crippen MR) is 98.9 cm³/mol. The van der Waals surface area contributed by atoms with Gasteiger partial charge in [-0.2, -0.15) is 0 Å². The van der Waals surface area contributed by atoms with Gasteiger partial charge in [0.25, 0.3) is 0 Å². The Morgan fingerprint density at radius 3 is 2.08 bits per heavy atom. The van der Waals surface area contributed by atoms with Gasteiger partial charge in [0.05, 0.1) is 11.5 Å². The van der Waals surface area contributed by atoms with Crippen molar-refractivity contribution in [3.63, 3.8) is 0 Å². The molecular weight excluding hydrogens is 345 g/mol. The molecule has 0 saturated heterocycles. The van der Waals surface area contributed by atoms with Crippen molar-refractivity contribution < 1.29 is 17.9 Å². The molecule has 0 spiro atoms. The smallest absolute Gasteiger partial charge is 0.176 e. The Kier molecular flexibility index (Phi) is 5.88. The third-order valence-corrected chi connectivity index (χ3v) is 4.72. The van der Waals surface area contributed by atoms with Crippen LogP contribution in [-0.4, -0.2) is 12.9 Å². The van der Waals surface area contributed by atoms with Crippen molar-refractivity contribution in [3.05, 3.63) is 52.9 Å². The standard InChI is InChI=1S/C20H21F3OS/c1-7-24-19-11(4)8-13(9-12(19)5)15-14(10(2)3)17(22)20(25-6)18(23)16(15)21/h8-9H,2,7H2,1,3-6H3. The van der Waals surface area contributed by atoms with E-state index in [0.29, 0.717) is 23.5 Å². The lowest BCUT2D eigenvalue weighted by Gasteiger charge is -2.18. The number of benzene rings is 2. The predicted octanol–water partition coefficient (Wildman–Crippen LogP) is 6.54. The van der Waals surface area contributed by atoms with Gasteiger partial charge < -0.3 is 4.74 Å². The first-order valence-electron chi connectivity index (χ1n) is 7.89. The largest absolute Gasteiger partial charge is 0.493 e. The van der Waals surface area contributed by atoms with Crippen LogP contribution in [0.2, 0.25) is 0 Å². The summed E-state index contributed by atoms with van der Waals surface area (Å²) in [5.41, 5.74) is 2.20. The van der Waals surface area contributed by atoms with Gasteiger partial charge >= 0.3 is 0 Å². The molecule has 0 aliphatic carbocycles. The maximum atomic E-state index is 14.8. The zero-order valence-electron chi connectivity index (χ0n) is 15.0. The van der Waals surface area contributed by atoms with E-state index in [9.17, 15) is 13.2 Å². The van der Waals surface area contributed by atoms with Crippen LogP contribution >= 0.6 is 11.8 Å². The Hall–Kier alpha value is -1.88. The highest BCUT2D eigenvalue weighted by Crippen LogP contribution is 2.41. The Labute approximate surface area is 150 Å². The highest BCUT2D eigenvalue weighted by atomic mass is 32.2. The molecule has 1 nitrogen and oxygen atoms in total. The number of halogens is 3. The molecule has 0 aliphatic heterocycles. The second-order valence-corrected chi connectivity index (χ2v) is 6.69. The fourth-order valence-corrected chi connectivity index (χ4v) is 3.51. The van der Waals surface area contributed by atoms with Gasteiger partial charge in [0.1, 0.15) is 11.6 Å². The zero-order valence-corrected chi connectivity index (χ0v) is 15.8. The first kappa shape index (κ1) is 19.4. The lowest BCUT2D eigenvalue weighted by Crippen LogP contribution is -2.04. The van der Waals surface area contributed by atoms with E-state index in [0.717, 1.165) is 22.9 Å². The van der Waals surface area contributed by atoms with Crippen molar-refractivity contribution in [1.82, 2.24) is 0 Å². The molecule has 0 aromatic heterocycles.